The van der Waals surface area contributed by atoms with Crippen LogP contribution in [-0.2, 0) is 20.2 Å². The number of imide groups is 1. The fourth-order valence-corrected chi connectivity index (χ4v) is 5.11. The van der Waals surface area contributed by atoms with Crippen molar-refractivity contribution >= 4 is 37.7 Å². The normalized spacial score (nSPS) is 20.0. The van der Waals surface area contributed by atoms with Crippen molar-refractivity contribution in [2.75, 3.05) is 12.3 Å². The average molecular weight is 451 g/mol. The molecule has 0 aliphatic carbocycles. The Kier molecular flexibility index (Phi) is 5.39. The number of rotatable bonds is 6. The highest BCUT2D eigenvalue weighted by Crippen LogP contribution is 2.33. The topological polar surface area (TPSA) is 83.6 Å². The Bertz CT molecular complexity index is 978. The van der Waals surface area contributed by atoms with Gasteiger partial charge in [-0.05, 0) is 31.5 Å². The smallest absolute Gasteiger partial charge is 0.319 e. The Labute approximate surface area is 166 Å². The van der Waals surface area contributed by atoms with E-state index >= 15 is 0 Å². The molecule has 6 nitrogen and oxygen atoms in total. The van der Waals surface area contributed by atoms with Gasteiger partial charge in [-0.15, -0.1) is 0 Å². The largest absolute Gasteiger partial charge is 0.325 e. The van der Waals surface area contributed by atoms with Crippen molar-refractivity contribution in [3.8, 4) is 0 Å². The molecule has 0 bridgehead atoms. The van der Waals surface area contributed by atoms with Crippen LogP contribution in [0.3, 0.4) is 0 Å². The van der Waals surface area contributed by atoms with Gasteiger partial charge in [0.1, 0.15) is 5.54 Å². The van der Waals surface area contributed by atoms with Crippen LogP contribution >= 0.6 is 15.9 Å². The molecule has 0 spiro atoms. The second-order valence-corrected chi connectivity index (χ2v) is 9.44. The number of nitrogens with zero attached hydrogens (tertiary/aromatic N) is 1. The van der Waals surface area contributed by atoms with Crippen molar-refractivity contribution in [3.05, 3.63) is 64.6 Å². The summed E-state index contributed by atoms with van der Waals surface area (Å²) in [6.07, 6.45) is 0.169. The molecular weight excluding hydrogens is 432 g/mol. The SMILES string of the molecule is CC1(c2ccccc2Br)NC(=O)N(CCCS(=O)(=O)c2ccccc2)C1=O. The van der Waals surface area contributed by atoms with Crippen LogP contribution in [0.1, 0.15) is 18.9 Å². The minimum Gasteiger partial charge on any atom is -0.319 e. The van der Waals surface area contributed by atoms with Crippen LogP contribution in [0.15, 0.2) is 64.0 Å². The minimum absolute atomic E-state index is 0.0385. The third kappa shape index (κ3) is 3.77. The van der Waals surface area contributed by atoms with Crippen LogP contribution in [0.2, 0.25) is 0 Å². The standard InChI is InChI=1S/C19H19BrN2O4S/c1-19(15-10-5-6-11-16(15)20)17(23)22(18(24)21-19)12-7-13-27(25,26)14-8-3-2-4-9-14/h2-6,8-11H,7,12-13H2,1H3,(H,21,24). The molecule has 8 heteroatoms. The molecule has 27 heavy (non-hydrogen) atoms. The number of hydrogen-bond acceptors (Lipinski definition) is 4. The predicted octanol–water partition coefficient (Wildman–Crippen LogP) is 3.08. The van der Waals surface area contributed by atoms with Crippen LogP contribution in [0, 0.1) is 0 Å². The molecule has 1 aliphatic rings. The van der Waals surface area contributed by atoms with Crippen LogP contribution in [0.5, 0.6) is 0 Å². The highest BCUT2D eigenvalue weighted by atomic mass is 79.9. The fraction of sp³-hybridized carbons (Fsp3) is 0.263. The van der Waals surface area contributed by atoms with Crippen molar-refractivity contribution in [1.29, 1.82) is 0 Å². The number of hydrogen-bond donors (Lipinski definition) is 1. The number of carbonyl (C=O) groups is 2. The molecule has 3 amide bonds. The van der Waals surface area contributed by atoms with Gasteiger partial charge in [-0.1, -0.05) is 52.3 Å². The Morgan fingerprint density at radius 1 is 1.04 bits per heavy atom. The molecule has 1 heterocycles. The zero-order chi connectivity index (χ0) is 19.7. The van der Waals surface area contributed by atoms with Crippen molar-refractivity contribution in [1.82, 2.24) is 10.2 Å². The van der Waals surface area contributed by atoms with E-state index in [1.807, 2.05) is 6.07 Å². The summed E-state index contributed by atoms with van der Waals surface area (Å²) >= 11 is 3.41. The molecule has 142 valence electrons. The molecule has 1 N–H and O–H groups in total. The first-order valence-electron chi connectivity index (χ1n) is 8.42. The molecule has 1 fully saturated rings. The maximum Gasteiger partial charge on any atom is 0.325 e. The highest BCUT2D eigenvalue weighted by Gasteiger charge is 2.49. The fourth-order valence-electron chi connectivity index (χ4n) is 3.11. The summed E-state index contributed by atoms with van der Waals surface area (Å²) in [5.41, 5.74) is -0.530. The Morgan fingerprint density at radius 3 is 2.33 bits per heavy atom. The van der Waals surface area contributed by atoms with Crippen LogP contribution in [0.25, 0.3) is 0 Å². The maximum atomic E-state index is 12.9. The van der Waals surface area contributed by atoms with E-state index in [-0.39, 0.29) is 23.6 Å². The zero-order valence-corrected chi connectivity index (χ0v) is 17.1. The summed E-state index contributed by atoms with van der Waals surface area (Å²) in [5, 5.41) is 2.72. The average Bonchev–Trinajstić information content (AvgIpc) is 2.86. The third-order valence-electron chi connectivity index (χ3n) is 4.58. The lowest BCUT2D eigenvalue weighted by atomic mass is 9.92. The first kappa shape index (κ1) is 19.6. The van der Waals surface area contributed by atoms with Gasteiger partial charge in [-0.3, -0.25) is 9.69 Å². The molecular formula is C19H19BrN2O4S. The third-order valence-corrected chi connectivity index (χ3v) is 7.09. The molecule has 0 radical (unpaired) electrons. The lowest BCUT2D eigenvalue weighted by Crippen LogP contribution is -2.41. The number of halogens is 1. The van der Waals surface area contributed by atoms with Gasteiger partial charge < -0.3 is 5.32 Å². The van der Waals surface area contributed by atoms with Gasteiger partial charge in [-0.2, -0.15) is 0 Å². The van der Waals surface area contributed by atoms with Crippen LogP contribution < -0.4 is 5.32 Å². The number of carbonyl (C=O) groups excluding carboxylic acids is 2. The number of benzene rings is 2. The second-order valence-electron chi connectivity index (χ2n) is 6.48. The minimum atomic E-state index is -3.45. The van der Waals surface area contributed by atoms with Gasteiger partial charge >= 0.3 is 6.03 Å². The number of nitrogens with one attached hydrogen (secondary N) is 1. The monoisotopic (exact) mass is 450 g/mol. The summed E-state index contributed by atoms with van der Waals surface area (Å²) in [5.74, 6) is -0.531. The Morgan fingerprint density at radius 2 is 1.67 bits per heavy atom. The van der Waals surface area contributed by atoms with Crippen LogP contribution in [0.4, 0.5) is 4.79 Å². The second kappa shape index (κ2) is 7.44. The lowest BCUT2D eigenvalue weighted by Gasteiger charge is -2.23. The molecule has 1 unspecified atom stereocenters. The summed E-state index contributed by atoms with van der Waals surface area (Å²) in [7, 11) is -3.45. The summed E-state index contributed by atoms with van der Waals surface area (Å²) < 4.78 is 25.4. The van der Waals surface area contributed by atoms with E-state index in [4.69, 9.17) is 0 Å². The lowest BCUT2D eigenvalue weighted by molar-refractivity contribution is -0.131. The zero-order valence-electron chi connectivity index (χ0n) is 14.7. The van der Waals surface area contributed by atoms with Crippen LogP contribution in [-0.4, -0.2) is 37.6 Å². The first-order chi connectivity index (χ1) is 12.8. The molecule has 0 saturated carbocycles. The quantitative estimate of drug-likeness (QED) is 0.685. The summed E-state index contributed by atoms with van der Waals surface area (Å²) in [6, 6.07) is 14.8. The first-order valence-corrected chi connectivity index (χ1v) is 10.9. The number of sulfone groups is 1. The molecule has 1 atom stereocenters. The highest BCUT2D eigenvalue weighted by molar-refractivity contribution is 9.10. The molecule has 2 aromatic rings. The van der Waals surface area contributed by atoms with Gasteiger partial charge in [0, 0.05) is 16.6 Å². The maximum absolute atomic E-state index is 12.9. The Hall–Kier alpha value is -2.19. The Balaban J connectivity index is 1.71. The van der Waals surface area contributed by atoms with Gasteiger partial charge in [0.2, 0.25) is 0 Å². The van der Waals surface area contributed by atoms with E-state index in [0.717, 1.165) is 9.37 Å². The number of amides is 3. The van der Waals surface area contributed by atoms with Crippen molar-refractivity contribution in [2.45, 2.75) is 23.8 Å². The van der Waals surface area contributed by atoms with E-state index in [1.54, 1.807) is 43.3 Å². The van der Waals surface area contributed by atoms with Gasteiger partial charge in [0.05, 0.1) is 10.6 Å². The van der Waals surface area contributed by atoms with Gasteiger partial charge in [0.15, 0.2) is 9.84 Å². The number of urea groups is 1. The van der Waals surface area contributed by atoms with Crippen molar-refractivity contribution in [2.24, 2.45) is 0 Å². The molecule has 1 aliphatic heterocycles. The molecule has 3 rings (SSSR count). The van der Waals surface area contributed by atoms with Gasteiger partial charge in [0.25, 0.3) is 5.91 Å². The van der Waals surface area contributed by atoms with E-state index < -0.39 is 27.3 Å². The summed E-state index contributed by atoms with van der Waals surface area (Å²) in [6.45, 7) is 1.69. The van der Waals surface area contributed by atoms with E-state index in [0.29, 0.717) is 5.56 Å². The molecule has 1 saturated heterocycles. The van der Waals surface area contributed by atoms with Crippen molar-refractivity contribution < 1.29 is 18.0 Å². The molecule has 0 aromatic heterocycles. The van der Waals surface area contributed by atoms with E-state index in [9.17, 15) is 18.0 Å². The summed E-state index contributed by atoms with van der Waals surface area (Å²) in [4.78, 5) is 26.5. The van der Waals surface area contributed by atoms with Gasteiger partial charge in [-0.25, -0.2) is 13.2 Å². The van der Waals surface area contributed by atoms with E-state index in [2.05, 4.69) is 21.2 Å². The van der Waals surface area contributed by atoms with E-state index in [1.165, 1.54) is 12.1 Å². The molecule has 2 aromatic carbocycles. The predicted molar refractivity (Wildman–Crippen MR) is 105 cm³/mol. The van der Waals surface area contributed by atoms with Crippen molar-refractivity contribution in [3.63, 3.8) is 0 Å².